The van der Waals surface area contributed by atoms with E-state index in [2.05, 4.69) is 175 Å². The van der Waals surface area contributed by atoms with Crippen molar-refractivity contribution in [2.45, 2.75) is 0 Å². The summed E-state index contributed by atoms with van der Waals surface area (Å²) in [7, 11) is 0. The Hall–Kier alpha value is -6.16. The molecule has 0 fully saturated rings. The molecule has 0 radical (unpaired) electrons. The fraction of sp³-hybridized carbons (Fsp3) is 0. The zero-order valence-electron chi connectivity index (χ0n) is 26.5. The third-order valence-corrected chi connectivity index (χ3v) is 10.8. The van der Waals surface area contributed by atoms with Crippen LogP contribution in [0.5, 0.6) is 0 Å². The second-order valence-corrected chi connectivity index (χ2v) is 13.6. The molecule has 0 saturated heterocycles. The molecule has 0 unspecified atom stereocenters. The lowest BCUT2D eigenvalue weighted by Gasteiger charge is -2.30. The molecule has 8 aromatic carbocycles. The van der Waals surface area contributed by atoms with Crippen molar-refractivity contribution in [1.29, 1.82) is 0 Å². The van der Waals surface area contributed by atoms with Gasteiger partial charge in [-0.1, -0.05) is 127 Å². The smallest absolute Gasteiger partial charge is 0.137 e. The summed E-state index contributed by atoms with van der Waals surface area (Å²) in [5.74, 6) is 0. The van der Waals surface area contributed by atoms with E-state index in [0.29, 0.717) is 0 Å². The Labute approximate surface area is 287 Å². The summed E-state index contributed by atoms with van der Waals surface area (Å²) in [6, 6.07) is 63.3. The van der Waals surface area contributed by atoms with E-state index in [-0.39, 0.29) is 0 Å². The van der Waals surface area contributed by atoms with Crippen LogP contribution in [-0.2, 0) is 0 Å². The van der Waals surface area contributed by atoms with Gasteiger partial charge in [0, 0.05) is 36.7 Å². The fourth-order valence-electron chi connectivity index (χ4n) is 7.41. The monoisotopic (exact) mass is 643 g/mol. The summed E-state index contributed by atoms with van der Waals surface area (Å²) in [5, 5.41) is 7.27. The predicted molar refractivity (Wildman–Crippen MR) is 210 cm³/mol. The second kappa shape index (κ2) is 11.2. The van der Waals surface area contributed by atoms with E-state index in [4.69, 9.17) is 4.42 Å². The van der Waals surface area contributed by atoms with Crippen molar-refractivity contribution in [2.24, 2.45) is 0 Å². The van der Waals surface area contributed by atoms with E-state index in [9.17, 15) is 0 Å². The van der Waals surface area contributed by atoms with E-state index in [1.165, 1.54) is 47.6 Å². The van der Waals surface area contributed by atoms with Crippen LogP contribution in [0.3, 0.4) is 0 Å². The normalized spacial score (nSPS) is 11.7. The van der Waals surface area contributed by atoms with Crippen LogP contribution in [-0.4, -0.2) is 0 Å². The van der Waals surface area contributed by atoms with Crippen LogP contribution in [0.15, 0.2) is 180 Å². The molecule has 10 rings (SSSR count). The van der Waals surface area contributed by atoms with Gasteiger partial charge in [0.1, 0.15) is 11.2 Å². The number of fused-ring (bicyclic) bond motifs is 7. The minimum atomic E-state index is 0.871. The van der Waals surface area contributed by atoms with Crippen LogP contribution in [0.4, 0.5) is 17.1 Å². The van der Waals surface area contributed by atoms with Crippen LogP contribution >= 0.6 is 11.3 Å². The van der Waals surface area contributed by atoms with Gasteiger partial charge in [0.25, 0.3) is 0 Å². The average molecular weight is 644 g/mol. The number of nitrogens with zero attached hydrogens (tertiary/aromatic N) is 1. The number of furan rings is 1. The molecule has 0 spiro atoms. The van der Waals surface area contributed by atoms with Gasteiger partial charge in [-0.15, -0.1) is 11.3 Å². The van der Waals surface area contributed by atoms with Crippen LogP contribution < -0.4 is 4.90 Å². The molecule has 230 valence electrons. The average Bonchev–Trinajstić information content (AvgIpc) is 3.74. The van der Waals surface area contributed by atoms with Crippen molar-refractivity contribution in [3.8, 4) is 22.3 Å². The van der Waals surface area contributed by atoms with Crippen molar-refractivity contribution >= 4 is 81.3 Å². The summed E-state index contributed by atoms with van der Waals surface area (Å²) in [4.78, 5) is 2.44. The highest BCUT2D eigenvalue weighted by molar-refractivity contribution is 7.25. The maximum atomic E-state index is 6.44. The van der Waals surface area contributed by atoms with Crippen molar-refractivity contribution < 1.29 is 4.42 Å². The van der Waals surface area contributed by atoms with E-state index < -0.39 is 0 Å². The van der Waals surface area contributed by atoms with Gasteiger partial charge < -0.3 is 9.32 Å². The lowest BCUT2D eigenvalue weighted by molar-refractivity contribution is 0.669. The SMILES string of the molecule is c1ccc(N(c2ccccc2-c2ccc3c(c2)sc2ccccc23)c2cccc3oc4ccccc4c23)c(-c2ccc3ccccc3c2)c1. The number of hydrogen-bond donors (Lipinski definition) is 0. The molecular formula is C46H29NOS. The molecule has 2 heterocycles. The van der Waals surface area contributed by atoms with E-state index in [1.54, 1.807) is 0 Å². The molecule has 10 aromatic rings. The lowest BCUT2D eigenvalue weighted by atomic mass is 9.96. The van der Waals surface area contributed by atoms with Crippen molar-refractivity contribution in [3.63, 3.8) is 0 Å². The van der Waals surface area contributed by atoms with Gasteiger partial charge in [0.05, 0.1) is 22.4 Å². The molecular weight excluding hydrogens is 615 g/mol. The van der Waals surface area contributed by atoms with Gasteiger partial charge >= 0.3 is 0 Å². The maximum absolute atomic E-state index is 6.44. The number of rotatable bonds is 5. The van der Waals surface area contributed by atoms with Crippen LogP contribution in [0.25, 0.3) is 75.1 Å². The molecule has 0 bridgehead atoms. The summed E-state index contributed by atoms with van der Waals surface area (Å²) in [6.07, 6.45) is 0. The summed E-state index contributed by atoms with van der Waals surface area (Å²) >= 11 is 1.86. The molecule has 0 aliphatic rings. The van der Waals surface area contributed by atoms with Crippen LogP contribution in [0.1, 0.15) is 0 Å². The number of hydrogen-bond acceptors (Lipinski definition) is 3. The zero-order valence-corrected chi connectivity index (χ0v) is 27.3. The first-order chi connectivity index (χ1) is 24.3. The van der Waals surface area contributed by atoms with E-state index in [1.807, 2.05) is 17.4 Å². The molecule has 49 heavy (non-hydrogen) atoms. The number of thiophene rings is 1. The van der Waals surface area contributed by atoms with Gasteiger partial charge in [-0.2, -0.15) is 0 Å². The third-order valence-electron chi connectivity index (χ3n) is 9.66. The first-order valence-corrected chi connectivity index (χ1v) is 17.4. The Morgan fingerprint density at radius 2 is 0.980 bits per heavy atom. The number of anilines is 3. The Bertz CT molecular complexity index is 2860. The second-order valence-electron chi connectivity index (χ2n) is 12.5. The number of para-hydroxylation sites is 3. The highest BCUT2D eigenvalue weighted by Crippen LogP contribution is 2.49. The van der Waals surface area contributed by atoms with Gasteiger partial charge in [-0.3, -0.25) is 0 Å². The quantitative estimate of drug-likeness (QED) is 0.186. The topological polar surface area (TPSA) is 16.4 Å². The minimum absolute atomic E-state index is 0.871. The van der Waals surface area contributed by atoms with E-state index >= 15 is 0 Å². The first-order valence-electron chi connectivity index (χ1n) is 16.6. The molecule has 2 nitrogen and oxygen atoms in total. The molecule has 0 aliphatic heterocycles. The Kier molecular flexibility index (Phi) is 6.39. The van der Waals surface area contributed by atoms with Crippen molar-refractivity contribution in [1.82, 2.24) is 0 Å². The predicted octanol–water partition coefficient (Wildman–Crippen LogP) is 13.9. The zero-order chi connectivity index (χ0) is 32.3. The fourth-order valence-corrected chi connectivity index (χ4v) is 8.55. The minimum Gasteiger partial charge on any atom is -0.456 e. The van der Waals surface area contributed by atoms with Crippen LogP contribution in [0.2, 0.25) is 0 Å². The van der Waals surface area contributed by atoms with Crippen molar-refractivity contribution in [3.05, 3.63) is 176 Å². The molecule has 0 aliphatic carbocycles. The van der Waals surface area contributed by atoms with Gasteiger partial charge in [0.2, 0.25) is 0 Å². The molecule has 0 N–H and O–H groups in total. The van der Waals surface area contributed by atoms with Crippen LogP contribution in [0, 0.1) is 0 Å². The molecule has 2 aromatic heterocycles. The summed E-state index contributed by atoms with van der Waals surface area (Å²) in [6.45, 7) is 0. The van der Waals surface area contributed by atoms with Gasteiger partial charge in [-0.25, -0.2) is 0 Å². The Balaban J connectivity index is 1.26. The molecule has 0 atom stereocenters. The summed E-state index contributed by atoms with van der Waals surface area (Å²) in [5.41, 5.74) is 9.73. The third kappa shape index (κ3) is 4.55. The number of benzene rings is 8. The highest BCUT2D eigenvalue weighted by atomic mass is 32.1. The molecule has 0 saturated carbocycles. The first kappa shape index (κ1) is 27.9. The molecule has 3 heteroatoms. The Morgan fingerprint density at radius 3 is 1.82 bits per heavy atom. The largest absolute Gasteiger partial charge is 0.456 e. The standard InChI is InChI=1S/C46H29NOS/c1-2-13-31-28-32(25-24-30(31)12-1)34-14-3-7-18-39(34)47(41-20-11-22-43-46(41)38-17-5-9-21-42(38)48-43)40-19-8-4-15-35(40)33-26-27-37-36-16-6-10-23-44(36)49-45(37)29-33/h1-29H. The Morgan fingerprint density at radius 1 is 0.388 bits per heavy atom. The highest BCUT2D eigenvalue weighted by Gasteiger charge is 2.24. The maximum Gasteiger partial charge on any atom is 0.137 e. The van der Waals surface area contributed by atoms with Crippen molar-refractivity contribution in [2.75, 3.05) is 4.90 Å². The summed E-state index contributed by atoms with van der Waals surface area (Å²) < 4.78 is 9.05. The molecule has 0 amide bonds. The lowest BCUT2D eigenvalue weighted by Crippen LogP contribution is -2.12. The van der Waals surface area contributed by atoms with Gasteiger partial charge in [-0.05, 0) is 70.4 Å². The van der Waals surface area contributed by atoms with E-state index in [0.717, 1.165) is 44.6 Å². The van der Waals surface area contributed by atoms with Gasteiger partial charge in [0.15, 0.2) is 0 Å².